The minimum absolute atomic E-state index is 0.160. The van der Waals surface area contributed by atoms with Crippen LogP contribution >= 0.6 is 11.6 Å². The van der Waals surface area contributed by atoms with Gasteiger partial charge in [0.05, 0.1) is 0 Å². The molecule has 2 rings (SSSR count). The van der Waals surface area contributed by atoms with Gasteiger partial charge in [0.2, 0.25) is 0 Å². The van der Waals surface area contributed by atoms with Crippen molar-refractivity contribution in [2.45, 2.75) is 58.4 Å². The van der Waals surface area contributed by atoms with E-state index in [0.717, 1.165) is 17.5 Å². The van der Waals surface area contributed by atoms with Crippen LogP contribution in [-0.4, -0.2) is 12.1 Å². The predicted octanol–water partition coefficient (Wildman–Crippen LogP) is 5.69. The zero-order chi connectivity index (χ0) is 15.3. The summed E-state index contributed by atoms with van der Waals surface area (Å²) in [6.45, 7) is 7.67. The second-order valence-electron chi connectivity index (χ2n) is 7.21. The molecule has 0 unspecified atom stereocenters. The van der Waals surface area contributed by atoms with Gasteiger partial charge in [-0.2, -0.15) is 0 Å². The molecule has 1 aliphatic carbocycles. The van der Waals surface area contributed by atoms with Gasteiger partial charge in [-0.15, -0.1) is 0 Å². The van der Waals surface area contributed by atoms with Crippen molar-refractivity contribution in [2.75, 3.05) is 6.54 Å². The Bertz CT molecular complexity index is 461. The van der Waals surface area contributed by atoms with E-state index in [1.54, 1.807) is 5.57 Å². The fraction of sp³-hybridized carbons (Fsp3) is 0.579. The molecule has 1 aromatic carbocycles. The number of rotatable bonds is 4. The normalized spacial score (nSPS) is 18.0. The van der Waals surface area contributed by atoms with Gasteiger partial charge in [-0.3, -0.25) is 0 Å². The molecule has 0 heterocycles. The highest BCUT2D eigenvalue weighted by Gasteiger charge is 2.19. The summed E-state index contributed by atoms with van der Waals surface area (Å²) in [6.07, 6.45) is 9.19. The van der Waals surface area contributed by atoms with E-state index >= 15 is 0 Å². The van der Waals surface area contributed by atoms with Gasteiger partial charge >= 0.3 is 0 Å². The Hall–Kier alpha value is -0.790. The molecular formula is C19H28ClN. The van der Waals surface area contributed by atoms with E-state index in [1.165, 1.54) is 37.7 Å². The lowest BCUT2D eigenvalue weighted by Crippen LogP contribution is -2.38. The van der Waals surface area contributed by atoms with Gasteiger partial charge in [-0.1, -0.05) is 54.6 Å². The standard InChI is InChI=1S/C19H28ClN/c1-19(2,3)21-14-17(16-7-5-4-6-8-16)13-15-9-11-18(20)12-10-15/h9-13,16,21H,4-8,14H2,1-3H3/b17-13-. The van der Waals surface area contributed by atoms with Gasteiger partial charge in [-0.05, 0) is 57.2 Å². The van der Waals surface area contributed by atoms with Crippen LogP contribution in [0.3, 0.4) is 0 Å². The van der Waals surface area contributed by atoms with E-state index in [-0.39, 0.29) is 5.54 Å². The van der Waals surface area contributed by atoms with Crippen LogP contribution in [0.1, 0.15) is 58.4 Å². The summed E-state index contributed by atoms with van der Waals surface area (Å²) < 4.78 is 0. The number of halogens is 1. The van der Waals surface area contributed by atoms with Crippen molar-refractivity contribution in [3.63, 3.8) is 0 Å². The van der Waals surface area contributed by atoms with Crippen molar-refractivity contribution in [3.8, 4) is 0 Å². The molecule has 1 N–H and O–H groups in total. The molecule has 1 aromatic rings. The third-order valence-corrected chi connectivity index (χ3v) is 4.43. The minimum Gasteiger partial charge on any atom is -0.308 e. The summed E-state index contributed by atoms with van der Waals surface area (Å²) in [4.78, 5) is 0. The Morgan fingerprint density at radius 2 is 1.76 bits per heavy atom. The summed E-state index contributed by atoms with van der Waals surface area (Å²) in [5.41, 5.74) is 2.97. The van der Waals surface area contributed by atoms with Crippen LogP contribution < -0.4 is 5.32 Å². The molecular weight excluding hydrogens is 278 g/mol. The monoisotopic (exact) mass is 305 g/mol. The minimum atomic E-state index is 0.160. The molecule has 0 aromatic heterocycles. The van der Waals surface area contributed by atoms with Crippen LogP contribution in [-0.2, 0) is 0 Å². The van der Waals surface area contributed by atoms with E-state index in [2.05, 4.69) is 44.3 Å². The first-order valence-corrected chi connectivity index (χ1v) is 8.53. The molecule has 21 heavy (non-hydrogen) atoms. The van der Waals surface area contributed by atoms with Crippen LogP contribution in [0.25, 0.3) is 6.08 Å². The Kier molecular flexibility index (Phi) is 5.89. The predicted molar refractivity (Wildman–Crippen MR) is 93.8 cm³/mol. The Balaban J connectivity index is 2.15. The summed E-state index contributed by atoms with van der Waals surface area (Å²) in [7, 11) is 0. The third kappa shape index (κ3) is 5.84. The third-order valence-electron chi connectivity index (χ3n) is 4.17. The number of hydrogen-bond acceptors (Lipinski definition) is 1. The van der Waals surface area contributed by atoms with Gasteiger partial charge in [0.15, 0.2) is 0 Å². The lowest BCUT2D eigenvalue weighted by Gasteiger charge is -2.28. The van der Waals surface area contributed by atoms with E-state index in [1.807, 2.05) is 12.1 Å². The average molecular weight is 306 g/mol. The first-order chi connectivity index (χ1) is 9.94. The van der Waals surface area contributed by atoms with Crippen LogP contribution in [0.4, 0.5) is 0 Å². The van der Waals surface area contributed by atoms with Crippen LogP contribution in [0.2, 0.25) is 5.02 Å². The largest absolute Gasteiger partial charge is 0.308 e. The molecule has 0 spiro atoms. The van der Waals surface area contributed by atoms with Gasteiger partial charge in [0.1, 0.15) is 0 Å². The molecule has 1 aliphatic rings. The second kappa shape index (κ2) is 7.47. The van der Waals surface area contributed by atoms with Crippen molar-refractivity contribution in [3.05, 3.63) is 40.4 Å². The SMILES string of the molecule is CC(C)(C)NC/C(=C/c1ccc(Cl)cc1)C1CCCCC1. The molecule has 1 fully saturated rings. The van der Waals surface area contributed by atoms with Crippen LogP contribution in [0, 0.1) is 5.92 Å². The van der Waals surface area contributed by atoms with Crippen molar-refractivity contribution < 1.29 is 0 Å². The van der Waals surface area contributed by atoms with E-state index in [4.69, 9.17) is 11.6 Å². The van der Waals surface area contributed by atoms with Gasteiger partial charge in [-0.25, -0.2) is 0 Å². The van der Waals surface area contributed by atoms with Gasteiger partial charge in [0.25, 0.3) is 0 Å². The van der Waals surface area contributed by atoms with Crippen molar-refractivity contribution in [2.24, 2.45) is 5.92 Å². The zero-order valence-corrected chi connectivity index (χ0v) is 14.3. The summed E-state index contributed by atoms with van der Waals surface area (Å²) >= 11 is 5.98. The van der Waals surface area contributed by atoms with E-state index in [0.29, 0.717) is 0 Å². The van der Waals surface area contributed by atoms with E-state index < -0.39 is 0 Å². The summed E-state index contributed by atoms with van der Waals surface area (Å²) in [6, 6.07) is 8.18. The zero-order valence-electron chi connectivity index (χ0n) is 13.6. The molecule has 0 saturated heterocycles. The Labute approximate surface area is 134 Å². The molecule has 1 saturated carbocycles. The molecule has 0 bridgehead atoms. The van der Waals surface area contributed by atoms with Crippen LogP contribution in [0.5, 0.6) is 0 Å². The quantitative estimate of drug-likeness (QED) is 0.753. The average Bonchev–Trinajstić information content (AvgIpc) is 2.45. The first-order valence-electron chi connectivity index (χ1n) is 8.15. The number of benzene rings is 1. The van der Waals surface area contributed by atoms with Crippen molar-refractivity contribution in [1.29, 1.82) is 0 Å². The topological polar surface area (TPSA) is 12.0 Å². The highest BCUT2D eigenvalue weighted by molar-refractivity contribution is 6.30. The molecule has 0 aliphatic heterocycles. The highest BCUT2D eigenvalue weighted by Crippen LogP contribution is 2.31. The van der Waals surface area contributed by atoms with Gasteiger partial charge in [0, 0.05) is 17.1 Å². The first kappa shape index (κ1) is 16.6. The molecule has 0 atom stereocenters. The molecule has 1 nitrogen and oxygen atoms in total. The fourth-order valence-electron chi connectivity index (χ4n) is 2.93. The maximum Gasteiger partial charge on any atom is 0.0406 e. The molecule has 116 valence electrons. The summed E-state index contributed by atoms with van der Waals surface area (Å²) in [5, 5.41) is 4.46. The number of hydrogen-bond donors (Lipinski definition) is 1. The lowest BCUT2D eigenvalue weighted by atomic mass is 9.82. The smallest absolute Gasteiger partial charge is 0.0406 e. The Morgan fingerprint density at radius 3 is 2.33 bits per heavy atom. The number of nitrogens with one attached hydrogen (secondary N) is 1. The van der Waals surface area contributed by atoms with Gasteiger partial charge < -0.3 is 5.32 Å². The van der Waals surface area contributed by atoms with Crippen molar-refractivity contribution in [1.82, 2.24) is 5.32 Å². The lowest BCUT2D eigenvalue weighted by molar-refractivity contribution is 0.378. The maximum absolute atomic E-state index is 5.98. The fourth-order valence-corrected chi connectivity index (χ4v) is 3.05. The van der Waals surface area contributed by atoms with Crippen molar-refractivity contribution >= 4 is 17.7 Å². The molecule has 2 heteroatoms. The summed E-state index contributed by atoms with van der Waals surface area (Å²) in [5.74, 6) is 0.740. The van der Waals surface area contributed by atoms with E-state index in [9.17, 15) is 0 Å². The molecule has 0 radical (unpaired) electrons. The van der Waals surface area contributed by atoms with Crippen LogP contribution in [0.15, 0.2) is 29.8 Å². The molecule has 0 amide bonds. The highest BCUT2D eigenvalue weighted by atomic mass is 35.5. The maximum atomic E-state index is 5.98. The Morgan fingerprint density at radius 1 is 1.14 bits per heavy atom. The second-order valence-corrected chi connectivity index (χ2v) is 7.65.